The van der Waals surface area contributed by atoms with Crippen molar-refractivity contribution in [2.45, 2.75) is 0 Å². The van der Waals surface area contributed by atoms with E-state index < -0.39 is 0 Å². The third kappa shape index (κ3) is 2.15. The van der Waals surface area contributed by atoms with E-state index in [2.05, 4.69) is 4.99 Å². The highest BCUT2D eigenvalue weighted by Gasteiger charge is 2.12. The van der Waals surface area contributed by atoms with Crippen LogP contribution in [0.2, 0.25) is 0 Å². The Balaban J connectivity index is 1.73. The summed E-state index contributed by atoms with van der Waals surface area (Å²) in [6.45, 7) is 0.276. The van der Waals surface area contributed by atoms with Crippen LogP contribution in [-0.2, 0) is 0 Å². The number of aliphatic imine (C=N–C) groups is 1. The molecule has 22 heavy (non-hydrogen) atoms. The summed E-state index contributed by atoms with van der Waals surface area (Å²) in [6, 6.07) is 17.6. The van der Waals surface area contributed by atoms with Crippen LogP contribution in [0.15, 0.2) is 59.6 Å². The molecule has 1 aliphatic heterocycles. The molecule has 3 aromatic rings. The van der Waals surface area contributed by atoms with E-state index in [-0.39, 0.29) is 6.79 Å². The fourth-order valence-electron chi connectivity index (χ4n) is 2.56. The summed E-state index contributed by atoms with van der Waals surface area (Å²) in [5, 5.41) is 2.06. The van der Waals surface area contributed by atoms with E-state index in [0.717, 1.165) is 39.2 Å². The summed E-state index contributed by atoms with van der Waals surface area (Å²) >= 11 is 0. The molecule has 108 valence electrons. The summed E-state index contributed by atoms with van der Waals surface area (Å²) in [4.78, 5) is 4.59. The van der Waals surface area contributed by atoms with Gasteiger partial charge in [-0.15, -0.1) is 0 Å². The molecule has 0 aromatic heterocycles. The predicted molar refractivity (Wildman–Crippen MR) is 88.2 cm³/mol. The van der Waals surface area contributed by atoms with Gasteiger partial charge < -0.3 is 15.2 Å². The third-order valence-electron chi connectivity index (χ3n) is 3.68. The lowest BCUT2D eigenvalue weighted by Crippen LogP contribution is -1.92. The number of ether oxygens (including phenoxy) is 2. The van der Waals surface area contributed by atoms with Gasteiger partial charge >= 0.3 is 0 Å². The van der Waals surface area contributed by atoms with Crippen LogP contribution in [0, 0.1) is 0 Å². The Morgan fingerprint density at radius 1 is 0.909 bits per heavy atom. The number of fused-ring (bicyclic) bond motifs is 2. The molecule has 4 rings (SSSR count). The lowest BCUT2D eigenvalue weighted by Gasteiger charge is -2.05. The molecule has 3 aromatic carbocycles. The molecule has 0 aliphatic carbocycles. The van der Waals surface area contributed by atoms with E-state index in [0.29, 0.717) is 0 Å². The number of hydrogen-bond donors (Lipinski definition) is 1. The smallest absolute Gasteiger partial charge is 0.231 e. The Hall–Kier alpha value is -3.01. The number of hydrogen-bond acceptors (Lipinski definition) is 4. The first-order valence-corrected chi connectivity index (χ1v) is 7.02. The highest BCUT2D eigenvalue weighted by Crippen LogP contribution is 2.33. The maximum Gasteiger partial charge on any atom is 0.231 e. The second kappa shape index (κ2) is 5.07. The maximum absolute atomic E-state index is 6.01. The van der Waals surface area contributed by atoms with E-state index in [9.17, 15) is 0 Å². The van der Waals surface area contributed by atoms with Crippen LogP contribution >= 0.6 is 0 Å². The fourth-order valence-corrected chi connectivity index (χ4v) is 2.56. The van der Waals surface area contributed by atoms with Crippen molar-refractivity contribution < 1.29 is 9.47 Å². The van der Waals surface area contributed by atoms with E-state index in [4.69, 9.17) is 15.2 Å². The summed E-state index contributed by atoms with van der Waals surface area (Å²) < 4.78 is 10.7. The fraction of sp³-hybridized carbons (Fsp3) is 0.0556. The minimum Gasteiger partial charge on any atom is -0.454 e. The van der Waals surface area contributed by atoms with Gasteiger partial charge in [-0.3, -0.25) is 4.99 Å². The van der Waals surface area contributed by atoms with E-state index in [1.807, 2.05) is 60.8 Å². The molecule has 4 nitrogen and oxygen atoms in total. The van der Waals surface area contributed by atoms with Gasteiger partial charge in [0.2, 0.25) is 6.79 Å². The average molecular weight is 290 g/mol. The van der Waals surface area contributed by atoms with E-state index >= 15 is 0 Å². The van der Waals surface area contributed by atoms with Crippen molar-refractivity contribution >= 4 is 28.4 Å². The highest BCUT2D eigenvalue weighted by atomic mass is 16.7. The number of benzene rings is 3. The van der Waals surface area contributed by atoms with Crippen molar-refractivity contribution in [3.63, 3.8) is 0 Å². The van der Waals surface area contributed by atoms with Crippen molar-refractivity contribution in [1.82, 2.24) is 0 Å². The number of nitrogens with two attached hydrogens (primary N) is 1. The van der Waals surface area contributed by atoms with Gasteiger partial charge in [-0.2, -0.15) is 0 Å². The molecule has 0 fully saturated rings. The van der Waals surface area contributed by atoms with Gasteiger partial charge in [-0.25, -0.2) is 0 Å². The van der Waals surface area contributed by atoms with Gasteiger partial charge in [-0.1, -0.05) is 24.3 Å². The first-order chi connectivity index (χ1) is 10.8. The minimum absolute atomic E-state index is 0.276. The van der Waals surface area contributed by atoms with Crippen LogP contribution in [0.5, 0.6) is 11.5 Å². The Morgan fingerprint density at radius 2 is 1.73 bits per heavy atom. The van der Waals surface area contributed by atoms with E-state index in [1.54, 1.807) is 0 Å². The highest BCUT2D eigenvalue weighted by molar-refractivity contribution is 6.01. The Bertz CT molecular complexity index is 887. The molecule has 2 N–H and O–H groups in total. The Morgan fingerprint density at radius 3 is 2.64 bits per heavy atom. The zero-order valence-corrected chi connectivity index (χ0v) is 11.8. The van der Waals surface area contributed by atoms with Gasteiger partial charge in [0.15, 0.2) is 11.5 Å². The molecule has 0 radical (unpaired) electrons. The lowest BCUT2D eigenvalue weighted by molar-refractivity contribution is 0.174. The molecule has 0 amide bonds. The zero-order valence-electron chi connectivity index (χ0n) is 11.8. The van der Waals surface area contributed by atoms with Crippen molar-refractivity contribution in [3.05, 3.63) is 60.2 Å². The summed E-state index contributed by atoms with van der Waals surface area (Å²) in [7, 11) is 0. The largest absolute Gasteiger partial charge is 0.454 e. The SMILES string of the molecule is Nc1ccc(N=Cc2ccc3c(c2)OCO3)c2ccccc12. The number of nitrogen functional groups attached to an aromatic ring is 1. The normalized spacial score (nSPS) is 13.1. The molecule has 0 atom stereocenters. The quantitative estimate of drug-likeness (QED) is 0.575. The summed E-state index contributed by atoms with van der Waals surface area (Å²) in [5.74, 6) is 1.53. The van der Waals surface area contributed by atoms with Crippen LogP contribution in [-0.4, -0.2) is 13.0 Å². The Kier molecular flexibility index (Phi) is 2.93. The molecule has 0 unspecified atom stereocenters. The second-order valence-electron chi connectivity index (χ2n) is 5.09. The van der Waals surface area contributed by atoms with Crippen LogP contribution < -0.4 is 15.2 Å². The molecule has 4 heteroatoms. The van der Waals surface area contributed by atoms with Gasteiger partial charge in [0.25, 0.3) is 0 Å². The molecule has 0 bridgehead atoms. The van der Waals surface area contributed by atoms with Gasteiger partial charge in [0.05, 0.1) is 5.69 Å². The summed E-state index contributed by atoms with van der Waals surface area (Å²) in [6.07, 6.45) is 1.82. The van der Waals surface area contributed by atoms with Crippen molar-refractivity contribution in [2.75, 3.05) is 12.5 Å². The molecule has 1 heterocycles. The number of rotatable bonds is 2. The standard InChI is InChI=1S/C18H14N2O2/c19-15-6-7-16(14-4-2-1-3-13(14)15)20-10-12-5-8-17-18(9-12)22-11-21-17/h1-10H,11,19H2. The monoisotopic (exact) mass is 290 g/mol. The van der Waals surface area contributed by atoms with Crippen LogP contribution in [0.3, 0.4) is 0 Å². The lowest BCUT2D eigenvalue weighted by atomic mass is 10.1. The zero-order chi connectivity index (χ0) is 14.9. The molecular weight excluding hydrogens is 276 g/mol. The first kappa shape index (κ1) is 12.7. The molecule has 0 spiro atoms. The average Bonchev–Trinajstić information content (AvgIpc) is 3.02. The maximum atomic E-state index is 6.01. The predicted octanol–water partition coefficient (Wildman–Crippen LogP) is 3.90. The van der Waals surface area contributed by atoms with Crippen molar-refractivity contribution in [2.24, 2.45) is 4.99 Å². The minimum atomic E-state index is 0.276. The number of anilines is 1. The first-order valence-electron chi connectivity index (χ1n) is 7.02. The summed E-state index contributed by atoms with van der Waals surface area (Å²) in [5.41, 5.74) is 8.63. The molecule has 0 saturated heterocycles. The Labute approximate surface area is 127 Å². The number of nitrogens with zero attached hydrogens (tertiary/aromatic N) is 1. The van der Waals surface area contributed by atoms with Crippen molar-refractivity contribution in [1.29, 1.82) is 0 Å². The van der Waals surface area contributed by atoms with Crippen LogP contribution in [0.4, 0.5) is 11.4 Å². The van der Waals surface area contributed by atoms with Gasteiger partial charge in [0.1, 0.15) is 0 Å². The second-order valence-corrected chi connectivity index (χ2v) is 5.09. The van der Waals surface area contributed by atoms with Crippen LogP contribution in [0.25, 0.3) is 10.8 Å². The molecule has 0 saturated carbocycles. The van der Waals surface area contributed by atoms with Crippen LogP contribution in [0.1, 0.15) is 5.56 Å². The topological polar surface area (TPSA) is 56.8 Å². The molecule has 1 aliphatic rings. The van der Waals surface area contributed by atoms with Crippen molar-refractivity contribution in [3.8, 4) is 11.5 Å². The van der Waals surface area contributed by atoms with E-state index in [1.165, 1.54) is 0 Å². The molecular formula is C18H14N2O2. The van der Waals surface area contributed by atoms with Gasteiger partial charge in [0, 0.05) is 22.7 Å². The van der Waals surface area contributed by atoms with Gasteiger partial charge in [-0.05, 0) is 35.9 Å². The third-order valence-corrected chi connectivity index (χ3v) is 3.68.